The predicted molar refractivity (Wildman–Crippen MR) is 118 cm³/mol. The molecule has 0 fully saturated rings. The number of nitrogens with zero attached hydrogens (tertiary/aromatic N) is 2. The van der Waals surface area contributed by atoms with E-state index >= 15 is 0 Å². The molecule has 1 heterocycles. The molecule has 0 spiro atoms. The lowest BCUT2D eigenvalue weighted by Crippen LogP contribution is -2.33. The summed E-state index contributed by atoms with van der Waals surface area (Å²) in [5, 5.41) is 0. The van der Waals surface area contributed by atoms with Crippen LogP contribution >= 0.6 is 0 Å². The lowest BCUT2D eigenvalue weighted by atomic mass is 10.1. The summed E-state index contributed by atoms with van der Waals surface area (Å²) in [4.78, 5) is 19.1. The molecule has 0 aliphatic rings. The number of benzene rings is 1. The molecule has 0 saturated heterocycles. The second-order valence-corrected chi connectivity index (χ2v) is 7.24. The first-order valence-electron chi connectivity index (χ1n) is 10.7. The number of amides is 1. The summed E-state index contributed by atoms with van der Waals surface area (Å²) in [6, 6.07) is 16.2. The number of rotatable bonds is 13. The zero-order valence-electron chi connectivity index (χ0n) is 17.2. The molecule has 1 amide bonds. The molecular weight excluding hydrogens is 344 g/mol. The third-order valence-corrected chi connectivity index (χ3v) is 4.90. The van der Waals surface area contributed by atoms with Crippen LogP contribution in [-0.2, 0) is 11.2 Å². The normalized spacial score (nSPS) is 11.0. The van der Waals surface area contributed by atoms with Gasteiger partial charge in [-0.05, 0) is 24.1 Å². The Hall–Kier alpha value is -2.42. The van der Waals surface area contributed by atoms with Crippen LogP contribution in [0.2, 0.25) is 0 Å². The average Bonchev–Trinajstić information content (AvgIpc) is 2.74. The Kier molecular flexibility index (Phi) is 10.7. The molecule has 0 atom stereocenters. The zero-order chi connectivity index (χ0) is 19.9. The molecule has 0 unspecified atom stereocenters. The fraction of sp³-hybridized carbons (Fsp3) is 0.440. The largest absolute Gasteiger partial charge is 0.339 e. The Bertz CT molecular complexity index is 682. The van der Waals surface area contributed by atoms with Crippen LogP contribution in [0.3, 0.4) is 0 Å². The van der Waals surface area contributed by atoms with Gasteiger partial charge in [0.1, 0.15) is 0 Å². The Labute approximate surface area is 170 Å². The van der Waals surface area contributed by atoms with E-state index in [0.29, 0.717) is 19.5 Å². The van der Waals surface area contributed by atoms with Crippen molar-refractivity contribution in [1.29, 1.82) is 0 Å². The Morgan fingerprint density at radius 2 is 1.71 bits per heavy atom. The molecule has 150 valence electrons. The van der Waals surface area contributed by atoms with Crippen molar-refractivity contribution in [1.82, 2.24) is 9.88 Å². The second-order valence-electron chi connectivity index (χ2n) is 7.24. The second kappa shape index (κ2) is 13.7. The van der Waals surface area contributed by atoms with Gasteiger partial charge < -0.3 is 4.90 Å². The molecule has 1 aromatic carbocycles. The highest BCUT2D eigenvalue weighted by Gasteiger charge is 2.12. The minimum Gasteiger partial charge on any atom is -0.339 e. The van der Waals surface area contributed by atoms with Gasteiger partial charge in [0.15, 0.2) is 0 Å². The minimum atomic E-state index is 0.254. The Morgan fingerprint density at radius 3 is 2.46 bits per heavy atom. The van der Waals surface area contributed by atoms with Crippen LogP contribution in [0.1, 0.15) is 63.1 Å². The van der Waals surface area contributed by atoms with Crippen LogP contribution in [0.4, 0.5) is 0 Å². The van der Waals surface area contributed by atoms with Gasteiger partial charge in [-0.2, -0.15) is 0 Å². The molecule has 3 heteroatoms. The van der Waals surface area contributed by atoms with E-state index in [-0.39, 0.29) is 5.91 Å². The first-order chi connectivity index (χ1) is 13.8. The molecule has 28 heavy (non-hydrogen) atoms. The van der Waals surface area contributed by atoms with Crippen LogP contribution in [0.5, 0.6) is 0 Å². The molecule has 0 aliphatic carbocycles. The van der Waals surface area contributed by atoms with Gasteiger partial charge in [0, 0.05) is 37.8 Å². The highest BCUT2D eigenvalue weighted by Crippen LogP contribution is 2.10. The highest BCUT2D eigenvalue weighted by molar-refractivity contribution is 5.76. The maximum absolute atomic E-state index is 12.8. The molecule has 2 aromatic rings. The van der Waals surface area contributed by atoms with Crippen LogP contribution in [0.25, 0.3) is 6.08 Å². The van der Waals surface area contributed by atoms with Crippen molar-refractivity contribution in [3.63, 3.8) is 0 Å². The molecule has 0 N–H and O–H groups in total. The van der Waals surface area contributed by atoms with Gasteiger partial charge in [0.25, 0.3) is 0 Å². The SMILES string of the molecule is CCCCCCCCC(=O)N(C/C=C/c1ccccc1)CCc1ccccn1. The third kappa shape index (κ3) is 8.98. The summed E-state index contributed by atoms with van der Waals surface area (Å²) in [5.41, 5.74) is 2.20. The van der Waals surface area contributed by atoms with E-state index in [1.165, 1.54) is 25.7 Å². The first-order valence-corrected chi connectivity index (χ1v) is 10.7. The maximum atomic E-state index is 12.8. The first kappa shape index (κ1) is 21.9. The number of pyridine rings is 1. The lowest BCUT2D eigenvalue weighted by molar-refractivity contribution is -0.130. The minimum absolute atomic E-state index is 0.254. The molecule has 3 nitrogen and oxygen atoms in total. The van der Waals surface area contributed by atoms with E-state index in [4.69, 9.17) is 0 Å². The zero-order valence-corrected chi connectivity index (χ0v) is 17.2. The van der Waals surface area contributed by atoms with Crippen molar-refractivity contribution < 1.29 is 4.79 Å². The standard InChI is InChI=1S/C25H34N2O/c1-2-3-4-5-6-10-18-25(28)27(22-19-24-17-11-12-20-26-24)21-13-16-23-14-8-7-9-15-23/h7-9,11-17,20H,2-6,10,18-19,21-22H2,1H3/b16-13+. The van der Waals surface area contributed by atoms with E-state index < -0.39 is 0 Å². The van der Waals surface area contributed by atoms with E-state index in [1.807, 2.05) is 47.5 Å². The molecule has 0 bridgehead atoms. The van der Waals surface area contributed by atoms with Crippen molar-refractivity contribution in [3.05, 3.63) is 72.1 Å². The van der Waals surface area contributed by atoms with Crippen LogP contribution in [0, 0.1) is 0 Å². The third-order valence-electron chi connectivity index (χ3n) is 4.90. The molecule has 2 rings (SSSR count). The van der Waals surface area contributed by atoms with Gasteiger partial charge in [0.2, 0.25) is 5.91 Å². The summed E-state index contributed by atoms with van der Waals surface area (Å²) < 4.78 is 0. The monoisotopic (exact) mass is 378 g/mol. The maximum Gasteiger partial charge on any atom is 0.222 e. The summed E-state index contributed by atoms with van der Waals surface area (Å²) in [7, 11) is 0. The lowest BCUT2D eigenvalue weighted by Gasteiger charge is -2.21. The molecule has 0 saturated carbocycles. The van der Waals surface area contributed by atoms with Crippen molar-refractivity contribution in [2.45, 2.75) is 58.3 Å². The number of hydrogen-bond acceptors (Lipinski definition) is 2. The number of aromatic nitrogens is 1. The summed E-state index contributed by atoms with van der Waals surface area (Å²) in [6.07, 6.45) is 14.7. The van der Waals surface area contributed by atoms with E-state index in [9.17, 15) is 4.79 Å². The van der Waals surface area contributed by atoms with Gasteiger partial charge in [-0.1, -0.05) is 87.6 Å². The number of hydrogen-bond donors (Lipinski definition) is 0. The van der Waals surface area contributed by atoms with Crippen molar-refractivity contribution >= 4 is 12.0 Å². The van der Waals surface area contributed by atoms with Crippen molar-refractivity contribution in [3.8, 4) is 0 Å². The smallest absolute Gasteiger partial charge is 0.222 e. The number of carbonyl (C=O) groups is 1. The Balaban J connectivity index is 1.85. The Morgan fingerprint density at radius 1 is 0.964 bits per heavy atom. The number of carbonyl (C=O) groups excluding carboxylic acids is 1. The van der Waals surface area contributed by atoms with Gasteiger partial charge >= 0.3 is 0 Å². The fourth-order valence-electron chi connectivity index (χ4n) is 3.21. The average molecular weight is 379 g/mol. The molecule has 0 aliphatic heterocycles. The van der Waals surface area contributed by atoms with E-state index in [2.05, 4.69) is 36.2 Å². The van der Waals surface area contributed by atoms with E-state index in [1.54, 1.807) is 0 Å². The van der Waals surface area contributed by atoms with Crippen molar-refractivity contribution in [2.75, 3.05) is 13.1 Å². The van der Waals surface area contributed by atoms with Crippen LogP contribution in [-0.4, -0.2) is 28.9 Å². The number of unbranched alkanes of at least 4 members (excludes halogenated alkanes) is 5. The van der Waals surface area contributed by atoms with Gasteiger partial charge in [-0.3, -0.25) is 9.78 Å². The highest BCUT2D eigenvalue weighted by atomic mass is 16.2. The molecule has 0 radical (unpaired) electrons. The van der Waals surface area contributed by atoms with Gasteiger partial charge in [-0.15, -0.1) is 0 Å². The van der Waals surface area contributed by atoms with E-state index in [0.717, 1.165) is 30.5 Å². The van der Waals surface area contributed by atoms with Gasteiger partial charge in [-0.25, -0.2) is 0 Å². The molecule has 1 aromatic heterocycles. The van der Waals surface area contributed by atoms with Crippen LogP contribution < -0.4 is 0 Å². The van der Waals surface area contributed by atoms with Crippen molar-refractivity contribution in [2.24, 2.45) is 0 Å². The summed E-state index contributed by atoms with van der Waals surface area (Å²) in [6.45, 7) is 3.59. The summed E-state index contributed by atoms with van der Waals surface area (Å²) >= 11 is 0. The van der Waals surface area contributed by atoms with Crippen LogP contribution in [0.15, 0.2) is 60.8 Å². The quantitative estimate of drug-likeness (QED) is 0.406. The fourth-order valence-corrected chi connectivity index (χ4v) is 3.21. The molecular formula is C25H34N2O. The van der Waals surface area contributed by atoms with Gasteiger partial charge in [0.05, 0.1) is 0 Å². The summed E-state index contributed by atoms with van der Waals surface area (Å²) in [5.74, 6) is 0.254. The predicted octanol–water partition coefficient (Wildman–Crippen LogP) is 5.92. The topological polar surface area (TPSA) is 33.2 Å².